The number of nitrogens with two attached hydrogens (primary N) is 1. The maximum absolute atomic E-state index is 6.27. The van der Waals surface area contributed by atoms with E-state index in [9.17, 15) is 0 Å². The predicted molar refractivity (Wildman–Crippen MR) is 72.8 cm³/mol. The Balaban J connectivity index is 2.21. The van der Waals surface area contributed by atoms with Crippen LogP contribution in [0.15, 0.2) is 22.7 Å². The maximum Gasteiger partial charge on any atom is 0.0504 e. The van der Waals surface area contributed by atoms with Crippen molar-refractivity contribution in [2.75, 3.05) is 13.2 Å². The number of hydrazine groups is 1. The standard InChI is InChI=1S/C12H16BrClN2O/c13-9-1-2-10(11(14)7-9)12(16-15)8-3-5-17-6-4-8/h1-2,7-8,12,16H,3-6,15H2. The summed E-state index contributed by atoms with van der Waals surface area (Å²) in [5.74, 6) is 6.16. The molecule has 0 aromatic heterocycles. The second-order valence-corrected chi connectivity index (χ2v) is 5.58. The van der Waals surface area contributed by atoms with Crippen LogP contribution in [-0.2, 0) is 4.74 Å². The number of nitrogens with one attached hydrogen (secondary N) is 1. The van der Waals surface area contributed by atoms with Crippen LogP contribution in [0.4, 0.5) is 0 Å². The molecular weight excluding hydrogens is 304 g/mol. The summed E-state index contributed by atoms with van der Waals surface area (Å²) in [6, 6.07) is 6.01. The summed E-state index contributed by atoms with van der Waals surface area (Å²) in [6.45, 7) is 1.61. The Labute approximate surface area is 115 Å². The first kappa shape index (κ1) is 13.3. The van der Waals surface area contributed by atoms with Crippen LogP contribution >= 0.6 is 27.5 Å². The Hall–Kier alpha value is -0.130. The third-order valence-electron chi connectivity index (χ3n) is 3.21. The van der Waals surface area contributed by atoms with Crippen LogP contribution in [0.2, 0.25) is 5.02 Å². The van der Waals surface area contributed by atoms with E-state index < -0.39 is 0 Å². The quantitative estimate of drug-likeness (QED) is 0.665. The lowest BCUT2D eigenvalue weighted by atomic mass is 9.87. The first-order valence-corrected chi connectivity index (χ1v) is 6.88. The van der Waals surface area contributed by atoms with Crippen molar-refractivity contribution in [1.82, 2.24) is 5.43 Å². The lowest BCUT2D eigenvalue weighted by molar-refractivity contribution is 0.0536. The van der Waals surface area contributed by atoms with Gasteiger partial charge in [0.1, 0.15) is 0 Å². The number of benzene rings is 1. The molecule has 1 aliphatic rings. The summed E-state index contributed by atoms with van der Waals surface area (Å²) < 4.78 is 6.35. The molecule has 1 saturated heterocycles. The molecule has 0 amide bonds. The van der Waals surface area contributed by atoms with Gasteiger partial charge in [0.15, 0.2) is 0 Å². The van der Waals surface area contributed by atoms with E-state index in [1.165, 1.54) is 0 Å². The fourth-order valence-corrected chi connectivity index (χ4v) is 3.07. The third-order valence-corrected chi connectivity index (χ3v) is 4.04. The summed E-state index contributed by atoms with van der Waals surface area (Å²) in [5, 5.41) is 0.744. The van der Waals surface area contributed by atoms with E-state index in [1.54, 1.807) is 0 Å². The summed E-state index contributed by atoms with van der Waals surface area (Å²) >= 11 is 9.67. The first-order chi connectivity index (χ1) is 8.22. The third kappa shape index (κ3) is 3.20. The van der Waals surface area contributed by atoms with Gasteiger partial charge in [-0.25, -0.2) is 0 Å². The van der Waals surface area contributed by atoms with Crippen molar-refractivity contribution in [3.8, 4) is 0 Å². The van der Waals surface area contributed by atoms with Crippen molar-refractivity contribution in [3.63, 3.8) is 0 Å². The fraction of sp³-hybridized carbons (Fsp3) is 0.500. The van der Waals surface area contributed by atoms with Gasteiger partial charge in [-0.3, -0.25) is 11.3 Å². The normalized spacial score (nSPS) is 19.2. The molecular formula is C12H16BrClN2O. The number of ether oxygens (including phenoxy) is 1. The summed E-state index contributed by atoms with van der Waals surface area (Å²) in [6.07, 6.45) is 2.03. The van der Waals surface area contributed by atoms with Gasteiger partial charge >= 0.3 is 0 Å². The van der Waals surface area contributed by atoms with Crippen molar-refractivity contribution in [1.29, 1.82) is 0 Å². The Morgan fingerprint density at radius 2 is 2.12 bits per heavy atom. The Bertz CT molecular complexity index is 383. The molecule has 3 N–H and O–H groups in total. The zero-order chi connectivity index (χ0) is 12.3. The van der Waals surface area contributed by atoms with Gasteiger partial charge in [0, 0.05) is 22.7 Å². The molecule has 5 heteroatoms. The smallest absolute Gasteiger partial charge is 0.0504 e. The molecule has 1 aromatic carbocycles. The number of rotatable bonds is 3. The molecule has 1 aliphatic heterocycles. The van der Waals surface area contributed by atoms with E-state index in [1.807, 2.05) is 18.2 Å². The lowest BCUT2D eigenvalue weighted by Gasteiger charge is -2.30. The minimum absolute atomic E-state index is 0.0968. The lowest BCUT2D eigenvalue weighted by Crippen LogP contribution is -2.36. The van der Waals surface area contributed by atoms with E-state index in [4.69, 9.17) is 22.2 Å². The Morgan fingerprint density at radius 3 is 2.71 bits per heavy atom. The van der Waals surface area contributed by atoms with Gasteiger partial charge in [-0.2, -0.15) is 0 Å². The van der Waals surface area contributed by atoms with Gasteiger partial charge in [0.25, 0.3) is 0 Å². The highest BCUT2D eigenvalue weighted by molar-refractivity contribution is 9.10. The van der Waals surface area contributed by atoms with Crippen LogP contribution in [0.25, 0.3) is 0 Å². The molecule has 0 bridgehead atoms. The van der Waals surface area contributed by atoms with Crippen LogP contribution in [0.1, 0.15) is 24.4 Å². The van der Waals surface area contributed by atoms with Crippen LogP contribution in [-0.4, -0.2) is 13.2 Å². The number of hydrogen-bond acceptors (Lipinski definition) is 3. The first-order valence-electron chi connectivity index (χ1n) is 5.71. The molecule has 1 heterocycles. The minimum Gasteiger partial charge on any atom is -0.381 e. The van der Waals surface area contributed by atoms with Crippen LogP contribution in [0.5, 0.6) is 0 Å². The molecule has 3 nitrogen and oxygen atoms in total. The molecule has 0 aliphatic carbocycles. The Morgan fingerprint density at radius 1 is 1.41 bits per heavy atom. The van der Waals surface area contributed by atoms with Crippen LogP contribution < -0.4 is 11.3 Å². The summed E-state index contributed by atoms with van der Waals surface area (Å²) in [5.41, 5.74) is 3.95. The maximum atomic E-state index is 6.27. The van der Waals surface area contributed by atoms with Crippen molar-refractivity contribution in [3.05, 3.63) is 33.3 Å². The topological polar surface area (TPSA) is 47.3 Å². The number of halogens is 2. The molecule has 17 heavy (non-hydrogen) atoms. The molecule has 1 fully saturated rings. The monoisotopic (exact) mass is 318 g/mol. The molecule has 1 unspecified atom stereocenters. The van der Waals surface area contributed by atoms with Crippen LogP contribution in [0.3, 0.4) is 0 Å². The fourth-order valence-electron chi connectivity index (χ4n) is 2.28. The predicted octanol–water partition coefficient (Wildman–Crippen LogP) is 3.03. The van der Waals surface area contributed by atoms with E-state index in [0.717, 1.165) is 41.1 Å². The van der Waals surface area contributed by atoms with E-state index in [2.05, 4.69) is 21.4 Å². The molecule has 0 saturated carbocycles. The van der Waals surface area contributed by atoms with Gasteiger partial charge in [-0.05, 0) is 36.5 Å². The Kier molecular flexibility index (Phi) is 4.82. The van der Waals surface area contributed by atoms with Crippen molar-refractivity contribution < 1.29 is 4.74 Å². The second kappa shape index (κ2) is 6.16. The molecule has 0 radical (unpaired) electrons. The van der Waals surface area contributed by atoms with Gasteiger partial charge < -0.3 is 4.74 Å². The van der Waals surface area contributed by atoms with Gasteiger partial charge in [0.2, 0.25) is 0 Å². The van der Waals surface area contributed by atoms with E-state index >= 15 is 0 Å². The van der Waals surface area contributed by atoms with Gasteiger partial charge in [-0.1, -0.05) is 33.6 Å². The van der Waals surface area contributed by atoms with Crippen LogP contribution in [0, 0.1) is 5.92 Å². The van der Waals surface area contributed by atoms with Crippen molar-refractivity contribution in [2.45, 2.75) is 18.9 Å². The molecule has 0 spiro atoms. The molecule has 2 rings (SSSR count). The molecule has 94 valence electrons. The molecule has 1 atom stereocenters. The van der Waals surface area contributed by atoms with Crippen molar-refractivity contribution >= 4 is 27.5 Å². The highest BCUT2D eigenvalue weighted by Crippen LogP contribution is 2.34. The van der Waals surface area contributed by atoms with Gasteiger partial charge in [-0.15, -0.1) is 0 Å². The highest BCUT2D eigenvalue weighted by atomic mass is 79.9. The SMILES string of the molecule is NNC(c1ccc(Br)cc1Cl)C1CCOCC1. The second-order valence-electron chi connectivity index (χ2n) is 4.26. The number of hydrogen-bond donors (Lipinski definition) is 2. The minimum atomic E-state index is 0.0968. The average Bonchev–Trinajstić information content (AvgIpc) is 2.34. The zero-order valence-corrected chi connectivity index (χ0v) is 11.8. The van der Waals surface area contributed by atoms with Gasteiger partial charge in [0.05, 0.1) is 6.04 Å². The van der Waals surface area contributed by atoms with Crippen molar-refractivity contribution in [2.24, 2.45) is 11.8 Å². The van der Waals surface area contributed by atoms with E-state index in [-0.39, 0.29) is 6.04 Å². The zero-order valence-electron chi connectivity index (χ0n) is 9.46. The summed E-state index contributed by atoms with van der Waals surface area (Å²) in [4.78, 5) is 0. The summed E-state index contributed by atoms with van der Waals surface area (Å²) in [7, 11) is 0. The average molecular weight is 320 g/mol. The highest BCUT2D eigenvalue weighted by Gasteiger charge is 2.26. The van der Waals surface area contributed by atoms with E-state index in [0.29, 0.717) is 5.92 Å². The largest absolute Gasteiger partial charge is 0.381 e. The molecule has 1 aromatic rings.